The SMILES string of the molecule is C#CCOC1SC=C(CCl)N1C. The number of hydrogen-bond donors (Lipinski definition) is 0. The Morgan fingerprint density at radius 2 is 2.67 bits per heavy atom. The summed E-state index contributed by atoms with van der Waals surface area (Å²) in [5, 5.41) is 1.99. The van der Waals surface area contributed by atoms with Crippen LogP contribution in [0.4, 0.5) is 0 Å². The first kappa shape index (κ1) is 9.79. The van der Waals surface area contributed by atoms with Crippen LogP contribution in [0.1, 0.15) is 0 Å². The van der Waals surface area contributed by atoms with Gasteiger partial charge in [-0.3, -0.25) is 0 Å². The Morgan fingerprint density at radius 1 is 1.92 bits per heavy atom. The molecule has 1 aliphatic rings. The molecule has 0 spiro atoms. The van der Waals surface area contributed by atoms with Gasteiger partial charge in [0.1, 0.15) is 6.61 Å². The van der Waals surface area contributed by atoms with Crippen molar-refractivity contribution in [1.82, 2.24) is 4.90 Å². The molecule has 0 aliphatic carbocycles. The standard InChI is InChI=1S/C8H10ClNOS/c1-3-4-11-8-10(2)7(5-9)6-12-8/h1,6,8H,4-5H2,2H3. The highest BCUT2D eigenvalue weighted by Crippen LogP contribution is 2.30. The fourth-order valence-electron chi connectivity index (χ4n) is 0.843. The average Bonchev–Trinajstić information content (AvgIpc) is 2.43. The van der Waals surface area contributed by atoms with Crippen LogP contribution in [0.2, 0.25) is 0 Å². The number of thioether (sulfide) groups is 1. The van der Waals surface area contributed by atoms with Gasteiger partial charge in [-0.15, -0.1) is 18.0 Å². The number of allylic oxidation sites excluding steroid dienone is 1. The Hall–Kier alpha value is -0.300. The molecule has 1 heterocycles. The van der Waals surface area contributed by atoms with Crippen molar-refractivity contribution >= 4 is 23.4 Å². The zero-order chi connectivity index (χ0) is 8.97. The summed E-state index contributed by atoms with van der Waals surface area (Å²) in [4.78, 5) is 1.98. The first-order chi connectivity index (χ1) is 5.79. The fourth-order valence-corrected chi connectivity index (χ4v) is 2.19. The van der Waals surface area contributed by atoms with Crippen molar-refractivity contribution in [3.8, 4) is 12.3 Å². The van der Waals surface area contributed by atoms with Crippen molar-refractivity contribution in [2.24, 2.45) is 0 Å². The number of terminal acetylenes is 1. The van der Waals surface area contributed by atoms with Gasteiger partial charge in [-0.25, -0.2) is 0 Å². The summed E-state index contributed by atoms with van der Waals surface area (Å²) >= 11 is 7.27. The van der Waals surface area contributed by atoms with Crippen molar-refractivity contribution in [2.75, 3.05) is 19.5 Å². The molecule has 1 rings (SSSR count). The highest BCUT2D eigenvalue weighted by molar-refractivity contribution is 8.02. The van der Waals surface area contributed by atoms with Crippen LogP contribution in [0.5, 0.6) is 0 Å². The smallest absolute Gasteiger partial charge is 0.183 e. The highest BCUT2D eigenvalue weighted by atomic mass is 35.5. The van der Waals surface area contributed by atoms with Gasteiger partial charge in [0.2, 0.25) is 0 Å². The molecule has 0 aromatic heterocycles. The zero-order valence-electron chi connectivity index (χ0n) is 6.79. The predicted octanol–water partition coefficient (Wildman–Crippen LogP) is 1.68. The molecule has 1 aliphatic heterocycles. The largest absolute Gasteiger partial charge is 0.342 e. The minimum Gasteiger partial charge on any atom is -0.342 e. The molecule has 0 fully saturated rings. The van der Waals surface area contributed by atoms with E-state index in [-0.39, 0.29) is 5.56 Å². The normalized spacial score (nSPS) is 22.2. The average molecular weight is 204 g/mol. The molecule has 66 valence electrons. The van der Waals surface area contributed by atoms with Crippen LogP contribution in [0.3, 0.4) is 0 Å². The molecule has 2 nitrogen and oxygen atoms in total. The van der Waals surface area contributed by atoms with E-state index in [2.05, 4.69) is 5.92 Å². The van der Waals surface area contributed by atoms with E-state index in [1.807, 2.05) is 17.4 Å². The number of hydrogen-bond acceptors (Lipinski definition) is 3. The van der Waals surface area contributed by atoms with Gasteiger partial charge in [0.15, 0.2) is 5.56 Å². The van der Waals surface area contributed by atoms with E-state index in [1.165, 1.54) is 0 Å². The Labute approximate surface area is 81.9 Å². The maximum absolute atomic E-state index is 5.68. The van der Waals surface area contributed by atoms with Crippen molar-refractivity contribution in [3.05, 3.63) is 11.1 Å². The molecule has 0 aromatic rings. The summed E-state index contributed by atoms with van der Waals surface area (Å²) in [5.41, 5.74) is 1.07. The zero-order valence-corrected chi connectivity index (χ0v) is 8.36. The molecule has 0 saturated carbocycles. The summed E-state index contributed by atoms with van der Waals surface area (Å²) in [5.74, 6) is 2.94. The number of nitrogens with zero attached hydrogens (tertiary/aromatic N) is 1. The minimum atomic E-state index is -0.00481. The maximum Gasteiger partial charge on any atom is 0.183 e. The first-order valence-electron chi connectivity index (χ1n) is 3.48. The second kappa shape index (κ2) is 4.66. The number of alkyl halides is 1. The molecular formula is C8H10ClNOS. The van der Waals surface area contributed by atoms with Crippen LogP contribution in [0.15, 0.2) is 11.1 Å². The third kappa shape index (κ3) is 2.10. The molecular weight excluding hydrogens is 194 g/mol. The van der Waals surface area contributed by atoms with Gasteiger partial charge in [-0.2, -0.15) is 0 Å². The lowest BCUT2D eigenvalue weighted by molar-refractivity contribution is 0.0567. The van der Waals surface area contributed by atoms with Gasteiger partial charge < -0.3 is 9.64 Å². The van der Waals surface area contributed by atoms with Crippen LogP contribution in [-0.2, 0) is 4.74 Å². The summed E-state index contributed by atoms with van der Waals surface area (Å²) in [7, 11) is 1.94. The summed E-state index contributed by atoms with van der Waals surface area (Å²) in [6.07, 6.45) is 5.07. The highest BCUT2D eigenvalue weighted by Gasteiger charge is 2.22. The predicted molar refractivity (Wildman–Crippen MR) is 52.7 cm³/mol. The Balaban J connectivity index is 2.39. The van der Waals surface area contributed by atoms with Gasteiger partial charge in [0.05, 0.1) is 5.88 Å². The van der Waals surface area contributed by atoms with E-state index < -0.39 is 0 Å². The lowest BCUT2D eigenvalue weighted by atomic mass is 10.5. The third-order valence-electron chi connectivity index (χ3n) is 1.54. The molecule has 0 N–H and O–H groups in total. The van der Waals surface area contributed by atoms with Crippen LogP contribution in [-0.4, -0.2) is 30.0 Å². The fraction of sp³-hybridized carbons (Fsp3) is 0.500. The molecule has 1 unspecified atom stereocenters. The minimum absolute atomic E-state index is 0.00481. The maximum atomic E-state index is 5.68. The number of ether oxygens (including phenoxy) is 1. The van der Waals surface area contributed by atoms with Crippen molar-refractivity contribution in [3.63, 3.8) is 0 Å². The second-order valence-corrected chi connectivity index (χ2v) is 3.49. The molecule has 4 heteroatoms. The van der Waals surface area contributed by atoms with E-state index in [9.17, 15) is 0 Å². The van der Waals surface area contributed by atoms with E-state index in [4.69, 9.17) is 22.8 Å². The van der Waals surface area contributed by atoms with Crippen molar-refractivity contribution in [2.45, 2.75) is 5.56 Å². The molecule has 0 saturated heterocycles. The van der Waals surface area contributed by atoms with E-state index in [0.717, 1.165) is 5.70 Å². The van der Waals surface area contributed by atoms with Crippen molar-refractivity contribution in [1.29, 1.82) is 0 Å². The van der Waals surface area contributed by atoms with Gasteiger partial charge in [0.25, 0.3) is 0 Å². The first-order valence-corrected chi connectivity index (χ1v) is 4.95. The van der Waals surface area contributed by atoms with Crippen LogP contribution in [0.25, 0.3) is 0 Å². The molecule has 0 amide bonds. The van der Waals surface area contributed by atoms with Crippen LogP contribution < -0.4 is 0 Å². The third-order valence-corrected chi connectivity index (χ3v) is 2.90. The van der Waals surface area contributed by atoms with Gasteiger partial charge in [-0.05, 0) is 5.41 Å². The second-order valence-electron chi connectivity index (χ2n) is 2.31. The molecule has 1 atom stereocenters. The van der Waals surface area contributed by atoms with Crippen LogP contribution >= 0.6 is 23.4 Å². The van der Waals surface area contributed by atoms with Gasteiger partial charge in [-0.1, -0.05) is 17.7 Å². The Kier molecular flexibility index (Phi) is 3.80. The molecule has 0 aromatic carbocycles. The topological polar surface area (TPSA) is 12.5 Å². The molecule has 12 heavy (non-hydrogen) atoms. The van der Waals surface area contributed by atoms with E-state index in [0.29, 0.717) is 12.5 Å². The van der Waals surface area contributed by atoms with Gasteiger partial charge in [0, 0.05) is 12.7 Å². The number of rotatable bonds is 3. The quantitative estimate of drug-likeness (QED) is 0.512. The number of halogens is 1. The van der Waals surface area contributed by atoms with E-state index >= 15 is 0 Å². The lowest BCUT2D eigenvalue weighted by Gasteiger charge is -2.22. The Bertz CT molecular complexity index is 224. The van der Waals surface area contributed by atoms with E-state index in [1.54, 1.807) is 11.8 Å². The summed E-state index contributed by atoms with van der Waals surface area (Å²) in [6, 6.07) is 0. The van der Waals surface area contributed by atoms with Crippen LogP contribution in [0, 0.1) is 12.3 Å². The van der Waals surface area contributed by atoms with Gasteiger partial charge >= 0.3 is 0 Å². The summed E-state index contributed by atoms with van der Waals surface area (Å²) in [6.45, 7) is 0.339. The monoisotopic (exact) mass is 203 g/mol. The van der Waals surface area contributed by atoms with Crippen molar-refractivity contribution < 1.29 is 4.74 Å². The summed E-state index contributed by atoms with van der Waals surface area (Å²) < 4.78 is 5.34. The Morgan fingerprint density at radius 3 is 3.17 bits per heavy atom. The molecule has 0 bridgehead atoms. The lowest BCUT2D eigenvalue weighted by Crippen LogP contribution is -2.27. The molecule has 0 radical (unpaired) electrons.